The third-order valence-electron chi connectivity index (χ3n) is 3.54. The van der Waals surface area contributed by atoms with Gasteiger partial charge in [-0.2, -0.15) is 0 Å². The first-order valence-electron chi connectivity index (χ1n) is 6.60. The number of aryl methyl sites for hydroxylation is 2. The van der Waals surface area contributed by atoms with Crippen LogP contribution in [0.2, 0.25) is 0 Å². The zero-order valence-corrected chi connectivity index (χ0v) is 11.3. The zero-order chi connectivity index (χ0) is 13.2. The van der Waals surface area contributed by atoms with Gasteiger partial charge in [0.1, 0.15) is 0 Å². The largest absolute Gasteiger partial charge is 0.381 e. The number of nitrogens with one attached hydrogen (secondary N) is 2. The van der Waals surface area contributed by atoms with Gasteiger partial charge >= 0.3 is 0 Å². The van der Waals surface area contributed by atoms with Crippen molar-refractivity contribution in [3.8, 4) is 0 Å². The Balaban J connectivity index is 1.84. The quantitative estimate of drug-likeness (QED) is 0.708. The van der Waals surface area contributed by atoms with Crippen LogP contribution in [0.25, 0.3) is 10.9 Å². The second-order valence-electron chi connectivity index (χ2n) is 5.03. The number of rotatable bonds is 3. The van der Waals surface area contributed by atoms with Crippen LogP contribution in [0.15, 0.2) is 48.7 Å². The second-order valence-corrected chi connectivity index (χ2v) is 5.03. The number of hydrogen-bond donors (Lipinski definition) is 2. The maximum atomic E-state index is 3.52. The molecule has 0 amide bonds. The van der Waals surface area contributed by atoms with Crippen molar-refractivity contribution in [3.63, 3.8) is 0 Å². The Hall–Kier alpha value is -2.22. The predicted octanol–water partition coefficient (Wildman–Crippen LogP) is 4.40. The molecule has 3 rings (SSSR count). The third-order valence-corrected chi connectivity index (χ3v) is 3.54. The van der Waals surface area contributed by atoms with Crippen LogP contribution < -0.4 is 5.32 Å². The van der Waals surface area contributed by atoms with Crippen molar-refractivity contribution in [2.24, 2.45) is 0 Å². The fourth-order valence-corrected chi connectivity index (χ4v) is 2.51. The first kappa shape index (κ1) is 11.8. The van der Waals surface area contributed by atoms with Crippen LogP contribution in [0.3, 0.4) is 0 Å². The van der Waals surface area contributed by atoms with Crippen LogP contribution in [0.5, 0.6) is 0 Å². The maximum absolute atomic E-state index is 3.52. The van der Waals surface area contributed by atoms with E-state index in [0.717, 1.165) is 6.54 Å². The minimum atomic E-state index is 0.846. The lowest BCUT2D eigenvalue weighted by Gasteiger charge is -2.11. The van der Waals surface area contributed by atoms with Gasteiger partial charge in [-0.05, 0) is 43.2 Å². The molecule has 0 saturated heterocycles. The molecule has 3 aromatic rings. The predicted molar refractivity (Wildman–Crippen MR) is 81.5 cm³/mol. The summed E-state index contributed by atoms with van der Waals surface area (Å²) in [5.41, 5.74) is 6.31. The fourth-order valence-electron chi connectivity index (χ4n) is 2.51. The van der Waals surface area contributed by atoms with Gasteiger partial charge in [0.25, 0.3) is 0 Å². The highest BCUT2D eigenvalue weighted by Crippen LogP contribution is 2.21. The summed E-state index contributed by atoms with van der Waals surface area (Å²) in [5, 5.41) is 4.82. The number of aromatic amines is 1. The van der Waals surface area contributed by atoms with Gasteiger partial charge in [0.2, 0.25) is 0 Å². The van der Waals surface area contributed by atoms with E-state index in [1.54, 1.807) is 0 Å². The molecule has 1 aromatic heterocycles. The Labute approximate surface area is 113 Å². The van der Waals surface area contributed by atoms with Crippen LogP contribution >= 0.6 is 0 Å². The van der Waals surface area contributed by atoms with E-state index in [2.05, 4.69) is 66.6 Å². The molecule has 2 heteroatoms. The van der Waals surface area contributed by atoms with E-state index in [1.165, 1.54) is 33.3 Å². The highest BCUT2D eigenvalue weighted by molar-refractivity contribution is 5.83. The number of H-pyrrole nitrogens is 1. The average molecular weight is 250 g/mol. The molecule has 0 atom stereocenters. The Morgan fingerprint density at radius 1 is 1.05 bits per heavy atom. The summed E-state index contributed by atoms with van der Waals surface area (Å²) < 4.78 is 0. The van der Waals surface area contributed by atoms with E-state index in [1.807, 2.05) is 6.20 Å². The van der Waals surface area contributed by atoms with Crippen molar-refractivity contribution < 1.29 is 0 Å². The van der Waals surface area contributed by atoms with Crippen LogP contribution in [0.1, 0.15) is 16.7 Å². The van der Waals surface area contributed by atoms with Crippen molar-refractivity contribution in [2.75, 3.05) is 5.32 Å². The number of fused-ring (bicyclic) bond motifs is 1. The Kier molecular flexibility index (Phi) is 3.00. The lowest BCUT2D eigenvalue weighted by molar-refractivity contribution is 1.15. The summed E-state index contributed by atoms with van der Waals surface area (Å²) in [7, 11) is 0. The number of hydrogen-bond acceptors (Lipinski definition) is 1. The van der Waals surface area contributed by atoms with Gasteiger partial charge in [0.05, 0.1) is 0 Å². The molecule has 2 nitrogen and oxygen atoms in total. The van der Waals surface area contributed by atoms with Crippen molar-refractivity contribution in [2.45, 2.75) is 20.4 Å². The highest BCUT2D eigenvalue weighted by Gasteiger charge is 2.02. The number of aromatic nitrogens is 1. The minimum Gasteiger partial charge on any atom is -0.381 e. The van der Waals surface area contributed by atoms with Gasteiger partial charge in [-0.25, -0.2) is 0 Å². The third kappa shape index (κ3) is 2.34. The van der Waals surface area contributed by atoms with Crippen LogP contribution in [0, 0.1) is 13.8 Å². The molecular formula is C17H18N2. The fraction of sp³-hybridized carbons (Fsp3) is 0.176. The van der Waals surface area contributed by atoms with Crippen LogP contribution in [0.4, 0.5) is 5.69 Å². The molecule has 2 aromatic carbocycles. The summed E-state index contributed by atoms with van der Waals surface area (Å²) in [6, 6.07) is 15.0. The van der Waals surface area contributed by atoms with Gasteiger partial charge in [-0.1, -0.05) is 29.8 Å². The molecule has 19 heavy (non-hydrogen) atoms. The van der Waals surface area contributed by atoms with E-state index in [0.29, 0.717) is 0 Å². The van der Waals surface area contributed by atoms with Gasteiger partial charge in [0, 0.05) is 29.3 Å². The Bertz CT molecular complexity index is 710. The van der Waals surface area contributed by atoms with E-state index in [4.69, 9.17) is 0 Å². The summed E-state index contributed by atoms with van der Waals surface area (Å²) in [6.07, 6.45) is 1.99. The summed E-state index contributed by atoms with van der Waals surface area (Å²) in [6.45, 7) is 5.11. The topological polar surface area (TPSA) is 27.8 Å². The zero-order valence-electron chi connectivity index (χ0n) is 11.3. The van der Waals surface area contributed by atoms with Crippen LogP contribution in [-0.2, 0) is 6.54 Å². The molecular weight excluding hydrogens is 232 g/mol. The normalized spacial score (nSPS) is 10.8. The monoisotopic (exact) mass is 250 g/mol. The molecule has 0 fully saturated rings. The number of anilines is 1. The molecule has 0 bridgehead atoms. The molecule has 0 aliphatic rings. The Morgan fingerprint density at radius 3 is 2.79 bits per heavy atom. The lowest BCUT2D eigenvalue weighted by atomic mass is 10.1. The van der Waals surface area contributed by atoms with E-state index < -0.39 is 0 Å². The van der Waals surface area contributed by atoms with E-state index >= 15 is 0 Å². The maximum Gasteiger partial charge on any atom is 0.0457 e. The van der Waals surface area contributed by atoms with Gasteiger partial charge in [0.15, 0.2) is 0 Å². The summed E-state index contributed by atoms with van der Waals surface area (Å²) in [5.74, 6) is 0. The summed E-state index contributed by atoms with van der Waals surface area (Å²) in [4.78, 5) is 3.25. The summed E-state index contributed by atoms with van der Waals surface area (Å²) >= 11 is 0. The molecule has 0 spiro atoms. The smallest absolute Gasteiger partial charge is 0.0457 e. The molecule has 96 valence electrons. The van der Waals surface area contributed by atoms with Crippen molar-refractivity contribution in [1.82, 2.24) is 4.98 Å². The lowest BCUT2D eigenvalue weighted by Crippen LogP contribution is -2.01. The molecule has 2 N–H and O–H groups in total. The Morgan fingerprint density at radius 2 is 1.95 bits per heavy atom. The van der Waals surface area contributed by atoms with Crippen molar-refractivity contribution in [1.29, 1.82) is 0 Å². The standard InChI is InChI=1S/C17H18N2/c1-12-6-7-16(13(2)10-12)19-11-14-4-3-5-17-15(14)8-9-18-17/h3-10,18-19H,11H2,1-2H3. The first-order valence-corrected chi connectivity index (χ1v) is 6.60. The van der Waals surface area contributed by atoms with E-state index in [-0.39, 0.29) is 0 Å². The molecule has 0 unspecified atom stereocenters. The molecule has 1 heterocycles. The molecule has 0 aliphatic carbocycles. The molecule has 0 radical (unpaired) electrons. The van der Waals surface area contributed by atoms with Crippen molar-refractivity contribution >= 4 is 16.6 Å². The molecule has 0 saturated carbocycles. The minimum absolute atomic E-state index is 0.846. The van der Waals surface area contributed by atoms with Gasteiger partial charge in [-0.15, -0.1) is 0 Å². The van der Waals surface area contributed by atoms with Gasteiger partial charge in [-0.3, -0.25) is 0 Å². The second kappa shape index (κ2) is 4.81. The van der Waals surface area contributed by atoms with E-state index in [9.17, 15) is 0 Å². The number of benzene rings is 2. The first-order chi connectivity index (χ1) is 9.24. The highest BCUT2D eigenvalue weighted by atomic mass is 14.9. The molecule has 0 aliphatic heterocycles. The van der Waals surface area contributed by atoms with Gasteiger partial charge < -0.3 is 10.3 Å². The van der Waals surface area contributed by atoms with Crippen LogP contribution in [-0.4, -0.2) is 4.98 Å². The SMILES string of the molecule is Cc1ccc(NCc2cccc3[nH]ccc23)c(C)c1. The van der Waals surface area contributed by atoms with Crippen molar-refractivity contribution in [3.05, 3.63) is 65.4 Å². The average Bonchev–Trinajstić information content (AvgIpc) is 2.86.